The third-order valence-corrected chi connectivity index (χ3v) is 13.9. The zero-order chi connectivity index (χ0) is 68.5. The Kier molecular flexibility index (Phi) is 27.5. The summed E-state index contributed by atoms with van der Waals surface area (Å²) in [6.07, 6.45) is 12.6. The van der Waals surface area contributed by atoms with Crippen molar-refractivity contribution in [2.24, 2.45) is 20.6 Å². The molecule has 496 valence electrons. The lowest BCUT2D eigenvalue weighted by Crippen LogP contribution is -2.10. The molecule has 1 unspecified atom stereocenters. The highest BCUT2D eigenvalue weighted by Gasteiger charge is 2.15. The fourth-order valence-electron chi connectivity index (χ4n) is 8.48. The molecule has 12 N–H and O–H groups in total. The molecule has 6 aromatic carbocycles. The predicted octanol–water partition coefficient (Wildman–Crippen LogP) is 13.1. The number of nitrogen functional groups attached to an aromatic ring is 4. The number of hydrogen-bond acceptors (Lipinski definition) is 26. The smallest absolute Gasteiger partial charge is 0.144 e. The number of ether oxygens (including phenoxy) is 2. The van der Waals surface area contributed by atoms with E-state index in [4.69, 9.17) is 46.9 Å². The number of nitrogens with two attached hydrogens (primary N) is 4. The van der Waals surface area contributed by atoms with Crippen molar-refractivity contribution in [3.8, 4) is 11.5 Å². The Bertz CT molecular complexity index is 4110. The molecule has 26 heteroatoms. The molecule has 0 aliphatic rings. The monoisotopic (exact) mass is 1300 g/mol. The molecule has 4 heterocycles. The van der Waals surface area contributed by atoms with Crippen LogP contribution in [-0.4, -0.2) is 93.2 Å². The SMILES string of the molecule is CCC(C)c1ccc(Nc2ncnc(N)c2/C=N/OC)cc1.CO/N=C/c1c(N)ncnc1Nc1ccc(C(C)(C)C)cc1.CO/N=C/c1c(N)ncnc1Nc1ccc(OCc2ccccc2)cc1.CO/N=C/c1c(N)ncnc1Nc1cccc(OCc2ccccc2)c1. The van der Waals surface area contributed by atoms with Gasteiger partial charge in [-0.25, -0.2) is 39.9 Å². The van der Waals surface area contributed by atoms with Crippen molar-refractivity contribution >= 4 is 94.2 Å². The minimum atomic E-state index is 0.119. The molecule has 4 aromatic heterocycles. The Morgan fingerprint density at radius 1 is 0.406 bits per heavy atom. The van der Waals surface area contributed by atoms with Crippen molar-refractivity contribution in [1.82, 2.24) is 39.9 Å². The summed E-state index contributed by atoms with van der Waals surface area (Å²) < 4.78 is 11.6. The Morgan fingerprint density at radius 2 is 0.750 bits per heavy atom. The number of aromatic nitrogens is 8. The maximum Gasteiger partial charge on any atom is 0.144 e. The Morgan fingerprint density at radius 3 is 1.10 bits per heavy atom. The zero-order valence-electron chi connectivity index (χ0n) is 55.0. The zero-order valence-corrected chi connectivity index (χ0v) is 55.0. The molecule has 10 rings (SSSR count). The second-order valence-electron chi connectivity index (χ2n) is 21.6. The van der Waals surface area contributed by atoms with E-state index in [-0.39, 0.29) is 5.41 Å². The van der Waals surface area contributed by atoms with Gasteiger partial charge in [0.05, 0.1) is 47.1 Å². The Labute approximate surface area is 558 Å². The molecule has 0 radical (unpaired) electrons. The molecule has 0 saturated carbocycles. The molecule has 0 amide bonds. The summed E-state index contributed by atoms with van der Waals surface area (Å²) in [5.74, 6) is 5.60. The molecular weight excluding hydrogens is 1220 g/mol. The third-order valence-electron chi connectivity index (χ3n) is 13.9. The minimum Gasteiger partial charge on any atom is -0.489 e. The van der Waals surface area contributed by atoms with Gasteiger partial charge in [0.15, 0.2) is 0 Å². The van der Waals surface area contributed by atoms with E-state index < -0.39 is 0 Å². The normalized spacial score (nSPS) is 11.3. The van der Waals surface area contributed by atoms with Crippen molar-refractivity contribution < 1.29 is 28.8 Å². The highest BCUT2D eigenvalue weighted by molar-refractivity contribution is 5.95. The summed E-state index contributed by atoms with van der Waals surface area (Å²) in [4.78, 5) is 51.5. The van der Waals surface area contributed by atoms with E-state index in [2.05, 4.69) is 145 Å². The number of oxime groups is 4. The van der Waals surface area contributed by atoms with Gasteiger partial charge in [-0.15, -0.1) is 0 Å². The second-order valence-corrected chi connectivity index (χ2v) is 21.6. The van der Waals surface area contributed by atoms with E-state index in [1.54, 1.807) is 0 Å². The molecule has 0 saturated heterocycles. The van der Waals surface area contributed by atoms with Crippen LogP contribution in [0.4, 0.5) is 69.3 Å². The molecule has 96 heavy (non-hydrogen) atoms. The number of nitrogens with zero attached hydrogens (tertiary/aromatic N) is 12. The van der Waals surface area contributed by atoms with E-state index in [0.29, 0.717) is 87.9 Å². The van der Waals surface area contributed by atoms with Gasteiger partial charge in [0.1, 0.15) is 125 Å². The van der Waals surface area contributed by atoms with Crippen LogP contribution in [0, 0.1) is 0 Å². The molecule has 0 aliphatic heterocycles. The van der Waals surface area contributed by atoms with Crippen LogP contribution in [0.2, 0.25) is 0 Å². The van der Waals surface area contributed by atoms with Crippen LogP contribution in [0.25, 0.3) is 0 Å². The van der Waals surface area contributed by atoms with Crippen molar-refractivity contribution in [2.45, 2.75) is 65.6 Å². The maximum absolute atomic E-state index is 5.90. The quantitative estimate of drug-likeness (QED) is 0.0206. The molecule has 0 fully saturated rings. The van der Waals surface area contributed by atoms with Crippen LogP contribution in [0.1, 0.15) is 91.5 Å². The van der Waals surface area contributed by atoms with Gasteiger partial charge >= 0.3 is 0 Å². The van der Waals surface area contributed by atoms with Crippen molar-refractivity contribution in [3.63, 3.8) is 0 Å². The van der Waals surface area contributed by atoms with Gasteiger partial charge in [0.2, 0.25) is 0 Å². The first kappa shape index (κ1) is 71.0. The van der Waals surface area contributed by atoms with E-state index in [0.717, 1.165) is 51.8 Å². The summed E-state index contributed by atoms with van der Waals surface area (Å²) in [6, 6.07) is 51.7. The fraction of sp³-hybridized carbons (Fsp3) is 0.200. The van der Waals surface area contributed by atoms with Crippen LogP contribution >= 0.6 is 0 Å². The second kappa shape index (κ2) is 37.1. The number of hydrogen-bond donors (Lipinski definition) is 8. The molecule has 0 aliphatic carbocycles. The van der Waals surface area contributed by atoms with Crippen LogP contribution < -0.4 is 53.7 Å². The first-order valence-electron chi connectivity index (χ1n) is 30.1. The number of benzene rings is 6. The first-order chi connectivity index (χ1) is 46.6. The first-order valence-corrected chi connectivity index (χ1v) is 30.1. The average Bonchev–Trinajstić information content (AvgIpc) is 0.914. The molecule has 0 bridgehead atoms. The summed E-state index contributed by atoms with van der Waals surface area (Å²) in [6.45, 7) is 12.0. The van der Waals surface area contributed by atoms with Gasteiger partial charge in [0.25, 0.3) is 0 Å². The maximum atomic E-state index is 5.90. The Balaban J connectivity index is 0.000000181. The predicted molar refractivity (Wildman–Crippen MR) is 382 cm³/mol. The van der Waals surface area contributed by atoms with Gasteiger partial charge in [0, 0.05) is 28.8 Å². The Hall–Kier alpha value is -12.5. The number of anilines is 12. The van der Waals surface area contributed by atoms with E-state index in [9.17, 15) is 0 Å². The lowest BCUT2D eigenvalue weighted by Gasteiger charge is -2.19. The van der Waals surface area contributed by atoms with E-state index in [1.807, 2.05) is 133 Å². The topological polar surface area (TPSA) is 360 Å². The number of nitrogens with one attached hydrogen (secondary N) is 4. The summed E-state index contributed by atoms with van der Waals surface area (Å²) >= 11 is 0. The lowest BCUT2D eigenvalue weighted by atomic mass is 9.87. The molecule has 0 spiro atoms. The van der Waals surface area contributed by atoms with E-state index >= 15 is 0 Å². The average molecular weight is 1300 g/mol. The van der Waals surface area contributed by atoms with Crippen LogP contribution in [0.3, 0.4) is 0 Å². The van der Waals surface area contributed by atoms with Crippen molar-refractivity contribution in [1.29, 1.82) is 0 Å². The van der Waals surface area contributed by atoms with Crippen LogP contribution in [0.15, 0.2) is 204 Å². The molecular formula is C70H80N20O6. The summed E-state index contributed by atoms with van der Waals surface area (Å²) in [5, 5.41) is 27.8. The molecule has 10 aromatic rings. The van der Waals surface area contributed by atoms with E-state index in [1.165, 1.54) is 89.7 Å². The number of rotatable bonds is 24. The fourth-order valence-corrected chi connectivity index (χ4v) is 8.48. The largest absolute Gasteiger partial charge is 0.489 e. The lowest BCUT2D eigenvalue weighted by molar-refractivity contribution is 0.215. The van der Waals surface area contributed by atoms with Crippen LogP contribution in [0.5, 0.6) is 11.5 Å². The highest BCUT2D eigenvalue weighted by Crippen LogP contribution is 2.29. The molecule has 1 atom stereocenters. The third kappa shape index (κ3) is 22.4. The minimum absolute atomic E-state index is 0.119. The van der Waals surface area contributed by atoms with Gasteiger partial charge in [-0.1, -0.05) is 146 Å². The van der Waals surface area contributed by atoms with Crippen molar-refractivity contribution in [3.05, 3.63) is 228 Å². The van der Waals surface area contributed by atoms with Crippen LogP contribution in [-0.2, 0) is 38.0 Å². The van der Waals surface area contributed by atoms with Gasteiger partial charge in [-0.05, 0) is 101 Å². The van der Waals surface area contributed by atoms with Crippen molar-refractivity contribution in [2.75, 3.05) is 72.6 Å². The summed E-state index contributed by atoms with van der Waals surface area (Å²) in [7, 11) is 5.85. The molecule has 26 nitrogen and oxygen atoms in total. The van der Waals surface area contributed by atoms with Gasteiger partial charge in [-0.2, -0.15) is 0 Å². The van der Waals surface area contributed by atoms with Gasteiger partial charge in [-0.3, -0.25) is 0 Å². The summed E-state index contributed by atoms with van der Waals surface area (Å²) in [5.41, 5.74) is 34.2. The highest BCUT2D eigenvalue weighted by atomic mass is 16.6. The standard InChI is InChI=1S/2C19H19N5O2.2C16H21N5O/c1-25-23-11-17-18(20)21-13-22-19(17)24-15-8-5-9-16(10-15)26-12-14-6-3-2-4-7-14;1-25-23-11-17-18(20)21-13-22-19(17)24-15-7-9-16(10-8-15)26-12-14-5-3-2-4-6-14;1-16(2,3)11-5-7-12(8-6-11)21-15-13(9-20-22-4)14(17)18-10-19-15;1-4-11(2)12-5-7-13(8-6-12)21-16-14(9-20-22-3)15(17)18-10-19-16/h2*2-11,13H,12H2,1H3,(H3,20,21,22,24);5-10H,1-4H3,(H3,17,18,19,21);5-11H,4H2,1-3H3,(H3,17,18,19,21)/b2*23-11+;2*20-9+. The van der Waals surface area contributed by atoms with Gasteiger partial charge < -0.3 is 73.0 Å².